The number of aromatic nitrogens is 1. The Morgan fingerprint density at radius 2 is 2.00 bits per heavy atom. The first-order chi connectivity index (χ1) is 15.8. The molecule has 7 nitrogen and oxygen atoms in total. The highest BCUT2D eigenvalue weighted by Gasteiger charge is 2.25. The van der Waals surface area contributed by atoms with Gasteiger partial charge < -0.3 is 19.7 Å². The third kappa shape index (κ3) is 6.71. The smallest absolute Gasteiger partial charge is 0.407 e. The van der Waals surface area contributed by atoms with E-state index in [1.807, 2.05) is 26.8 Å². The second-order valence-corrected chi connectivity index (χ2v) is 10.4. The monoisotopic (exact) mass is 474 g/mol. The highest BCUT2D eigenvalue weighted by molar-refractivity contribution is 6.30. The number of carbonyl (C=O) groups excluding carboxylic acids is 1. The number of nitrogens with zero attached hydrogens (tertiary/aromatic N) is 3. The number of hydrogen-bond acceptors (Lipinski definition) is 6. The first-order valence-corrected chi connectivity index (χ1v) is 12.3. The number of amides is 1. The van der Waals surface area contributed by atoms with Crippen LogP contribution in [0.15, 0.2) is 24.3 Å². The topological polar surface area (TPSA) is 66.9 Å². The van der Waals surface area contributed by atoms with Crippen molar-refractivity contribution in [3.05, 3.63) is 35.0 Å². The molecule has 33 heavy (non-hydrogen) atoms. The average molecular weight is 475 g/mol. The van der Waals surface area contributed by atoms with Gasteiger partial charge in [-0.25, -0.2) is 9.78 Å². The van der Waals surface area contributed by atoms with E-state index >= 15 is 0 Å². The van der Waals surface area contributed by atoms with Gasteiger partial charge in [-0.15, -0.1) is 0 Å². The molecule has 8 heteroatoms. The molecule has 180 valence electrons. The molecule has 0 unspecified atom stereocenters. The zero-order valence-electron chi connectivity index (χ0n) is 19.9. The molecule has 4 rings (SSSR count). The fourth-order valence-corrected chi connectivity index (χ4v) is 4.73. The number of fused-ring (bicyclic) bond motifs is 1. The molecule has 2 fully saturated rings. The second kappa shape index (κ2) is 10.5. The SMILES string of the molecule is CC(C)(C)OC(=O)N[C@H]1CCCCN(c2nc(Cl)cc3ccc(CN4CCOCC4)cc23)C1. The number of hydrogen-bond donors (Lipinski definition) is 1. The summed E-state index contributed by atoms with van der Waals surface area (Å²) in [6.45, 7) is 11.6. The fourth-order valence-electron chi connectivity index (χ4n) is 4.53. The predicted molar refractivity (Wildman–Crippen MR) is 132 cm³/mol. The van der Waals surface area contributed by atoms with Crippen molar-refractivity contribution in [3.8, 4) is 0 Å². The molecule has 0 radical (unpaired) electrons. The van der Waals surface area contributed by atoms with Crippen LogP contribution in [-0.2, 0) is 16.0 Å². The maximum absolute atomic E-state index is 12.4. The highest BCUT2D eigenvalue weighted by Crippen LogP contribution is 2.31. The summed E-state index contributed by atoms with van der Waals surface area (Å²) < 4.78 is 11.0. The lowest BCUT2D eigenvalue weighted by molar-refractivity contribution is 0.0342. The van der Waals surface area contributed by atoms with Crippen LogP contribution < -0.4 is 10.2 Å². The summed E-state index contributed by atoms with van der Waals surface area (Å²) in [5.74, 6) is 0.888. The lowest BCUT2D eigenvalue weighted by Gasteiger charge is -2.29. The average Bonchev–Trinajstić information content (AvgIpc) is 2.98. The summed E-state index contributed by atoms with van der Waals surface area (Å²) in [5, 5.41) is 5.73. The molecule has 2 aliphatic heterocycles. The summed E-state index contributed by atoms with van der Waals surface area (Å²) in [6.07, 6.45) is 2.62. The lowest BCUT2D eigenvalue weighted by Crippen LogP contribution is -2.45. The zero-order chi connectivity index (χ0) is 23.4. The van der Waals surface area contributed by atoms with E-state index in [2.05, 4.69) is 33.3 Å². The molecule has 0 saturated carbocycles. The van der Waals surface area contributed by atoms with E-state index in [4.69, 9.17) is 26.1 Å². The van der Waals surface area contributed by atoms with Crippen molar-refractivity contribution in [2.45, 2.75) is 58.2 Å². The van der Waals surface area contributed by atoms with Gasteiger partial charge in [0, 0.05) is 44.2 Å². The molecule has 0 spiro atoms. The number of halogens is 1. The minimum Gasteiger partial charge on any atom is -0.444 e. The molecule has 2 aromatic rings. The molecular weight excluding hydrogens is 440 g/mol. The van der Waals surface area contributed by atoms with E-state index < -0.39 is 5.60 Å². The number of nitrogens with one attached hydrogen (secondary N) is 1. The minimum absolute atomic E-state index is 0.00489. The Morgan fingerprint density at radius 3 is 2.76 bits per heavy atom. The standard InChI is InChI=1S/C25H35ClN4O3/c1-25(2,3)33-24(31)27-20-6-4-5-9-30(17-20)23-21-14-18(16-29-10-12-32-13-11-29)7-8-19(21)15-22(26)28-23/h7-8,14-15,20H,4-6,9-13,16-17H2,1-3H3,(H,27,31)/t20-/m0/s1. The highest BCUT2D eigenvalue weighted by atomic mass is 35.5. The Bertz CT molecular complexity index is 972. The normalized spacial score (nSPS) is 20.5. The number of pyridine rings is 1. The van der Waals surface area contributed by atoms with E-state index in [1.54, 1.807) is 0 Å². The fraction of sp³-hybridized carbons (Fsp3) is 0.600. The van der Waals surface area contributed by atoms with E-state index in [0.29, 0.717) is 11.7 Å². The third-order valence-corrected chi connectivity index (χ3v) is 6.24. The Labute approximate surface area is 201 Å². The predicted octanol–water partition coefficient (Wildman–Crippen LogP) is 4.60. The molecule has 1 aromatic heterocycles. The van der Waals surface area contributed by atoms with Crippen molar-refractivity contribution in [2.75, 3.05) is 44.3 Å². The number of ether oxygens (including phenoxy) is 2. The van der Waals surface area contributed by atoms with Crippen LogP contribution in [0, 0.1) is 0 Å². The van der Waals surface area contributed by atoms with Crippen molar-refractivity contribution in [3.63, 3.8) is 0 Å². The molecule has 0 aliphatic carbocycles. The molecule has 1 N–H and O–H groups in total. The van der Waals surface area contributed by atoms with Crippen LogP contribution in [0.1, 0.15) is 45.6 Å². The van der Waals surface area contributed by atoms with Crippen LogP contribution in [0.5, 0.6) is 0 Å². The molecule has 2 saturated heterocycles. The van der Waals surface area contributed by atoms with Crippen LogP contribution in [0.3, 0.4) is 0 Å². The number of anilines is 1. The van der Waals surface area contributed by atoms with Crippen LogP contribution in [0.2, 0.25) is 5.15 Å². The Morgan fingerprint density at radius 1 is 1.21 bits per heavy atom. The number of benzene rings is 1. The van der Waals surface area contributed by atoms with Gasteiger partial charge in [0.15, 0.2) is 0 Å². The maximum atomic E-state index is 12.4. The van der Waals surface area contributed by atoms with Crippen molar-refractivity contribution >= 4 is 34.3 Å². The summed E-state index contributed by atoms with van der Waals surface area (Å²) in [7, 11) is 0. The van der Waals surface area contributed by atoms with E-state index in [9.17, 15) is 4.79 Å². The molecule has 3 heterocycles. The van der Waals surface area contributed by atoms with Crippen LogP contribution in [0.25, 0.3) is 10.8 Å². The summed E-state index contributed by atoms with van der Waals surface area (Å²) in [4.78, 5) is 21.8. The van der Waals surface area contributed by atoms with Gasteiger partial charge >= 0.3 is 6.09 Å². The van der Waals surface area contributed by atoms with Crippen LogP contribution in [-0.4, -0.2) is 67.0 Å². The molecule has 1 aromatic carbocycles. The van der Waals surface area contributed by atoms with Crippen molar-refractivity contribution in [2.24, 2.45) is 0 Å². The van der Waals surface area contributed by atoms with Gasteiger partial charge in [-0.1, -0.05) is 23.7 Å². The Kier molecular flexibility index (Phi) is 7.62. The maximum Gasteiger partial charge on any atom is 0.407 e. The van der Waals surface area contributed by atoms with Crippen molar-refractivity contribution in [1.82, 2.24) is 15.2 Å². The van der Waals surface area contributed by atoms with Crippen LogP contribution >= 0.6 is 11.6 Å². The number of carbonyl (C=O) groups is 1. The number of morpholine rings is 1. The quantitative estimate of drug-likeness (QED) is 0.653. The molecule has 2 aliphatic rings. The lowest BCUT2D eigenvalue weighted by atomic mass is 10.1. The summed E-state index contributed by atoms with van der Waals surface area (Å²) in [6, 6.07) is 8.47. The van der Waals surface area contributed by atoms with Crippen molar-refractivity contribution < 1.29 is 14.3 Å². The largest absolute Gasteiger partial charge is 0.444 e. The first-order valence-electron chi connectivity index (χ1n) is 11.9. The minimum atomic E-state index is -0.518. The van der Waals surface area contributed by atoms with Gasteiger partial charge in [0.25, 0.3) is 0 Å². The van der Waals surface area contributed by atoms with E-state index in [1.165, 1.54) is 5.56 Å². The van der Waals surface area contributed by atoms with Gasteiger partial charge in [-0.2, -0.15) is 0 Å². The Hall–Kier alpha value is -2.09. The number of rotatable bonds is 4. The van der Waals surface area contributed by atoms with Gasteiger partial charge in [0.05, 0.1) is 13.2 Å². The molecule has 0 bridgehead atoms. The van der Waals surface area contributed by atoms with E-state index in [-0.39, 0.29) is 12.1 Å². The second-order valence-electron chi connectivity index (χ2n) is 10.00. The zero-order valence-corrected chi connectivity index (χ0v) is 20.7. The van der Waals surface area contributed by atoms with Gasteiger partial charge in [0.1, 0.15) is 16.6 Å². The van der Waals surface area contributed by atoms with Crippen LogP contribution in [0.4, 0.5) is 10.6 Å². The van der Waals surface area contributed by atoms with Crippen molar-refractivity contribution in [1.29, 1.82) is 0 Å². The summed E-state index contributed by atoms with van der Waals surface area (Å²) in [5.41, 5.74) is 0.740. The molecular formula is C25H35ClN4O3. The first kappa shape index (κ1) is 24.0. The van der Waals surface area contributed by atoms with E-state index in [0.717, 1.165) is 75.2 Å². The van der Waals surface area contributed by atoms with Gasteiger partial charge in [0.2, 0.25) is 0 Å². The van der Waals surface area contributed by atoms with Gasteiger partial charge in [-0.3, -0.25) is 4.90 Å². The van der Waals surface area contributed by atoms with Gasteiger partial charge in [-0.05, 0) is 63.1 Å². The molecule has 1 amide bonds. The number of alkyl carbamates (subject to hydrolysis) is 1. The Balaban J connectivity index is 1.56. The molecule has 1 atom stereocenters. The third-order valence-electron chi connectivity index (χ3n) is 6.05. The summed E-state index contributed by atoms with van der Waals surface area (Å²) >= 11 is 6.42.